The van der Waals surface area contributed by atoms with Crippen LogP contribution in [-0.2, 0) is 4.79 Å². The van der Waals surface area contributed by atoms with Gasteiger partial charge in [-0.05, 0) is 37.8 Å². The van der Waals surface area contributed by atoms with Crippen molar-refractivity contribution in [2.75, 3.05) is 26.2 Å². The van der Waals surface area contributed by atoms with Crippen LogP contribution in [0.2, 0.25) is 5.02 Å². The molecule has 1 N–H and O–H groups in total. The highest BCUT2D eigenvalue weighted by Crippen LogP contribution is 2.39. The van der Waals surface area contributed by atoms with Crippen molar-refractivity contribution >= 4 is 23.4 Å². The first-order valence-corrected chi connectivity index (χ1v) is 8.45. The Labute approximate surface area is 140 Å². The third-order valence-electron chi connectivity index (χ3n) is 4.91. The lowest BCUT2D eigenvalue weighted by molar-refractivity contribution is -0.146. The summed E-state index contributed by atoms with van der Waals surface area (Å²) in [5.74, 6) is -0.206. The highest BCUT2D eigenvalue weighted by atomic mass is 35.5. The Morgan fingerprint density at radius 2 is 1.91 bits per heavy atom. The summed E-state index contributed by atoms with van der Waals surface area (Å²) in [4.78, 5) is 29.3. The van der Waals surface area contributed by atoms with Crippen molar-refractivity contribution in [2.45, 2.75) is 31.2 Å². The largest absolute Gasteiger partial charge is 0.395 e. The molecular formula is C17H21ClN2O3. The molecule has 1 unspecified atom stereocenters. The first kappa shape index (κ1) is 16.3. The second-order valence-corrected chi connectivity index (χ2v) is 6.60. The number of nitrogens with zero attached hydrogens (tertiary/aromatic N) is 2. The number of β-amino-alcohol motifs (C(OH)–C–C–N with tert-alkyl or cyclic N) is 1. The highest BCUT2D eigenvalue weighted by Gasteiger charge is 2.52. The van der Waals surface area contributed by atoms with E-state index in [0.717, 1.165) is 12.8 Å². The van der Waals surface area contributed by atoms with Gasteiger partial charge in [-0.25, -0.2) is 0 Å². The molecule has 3 rings (SSSR count). The zero-order chi connectivity index (χ0) is 16.4. The van der Waals surface area contributed by atoms with Gasteiger partial charge >= 0.3 is 0 Å². The maximum absolute atomic E-state index is 13.0. The van der Waals surface area contributed by atoms with E-state index in [1.165, 1.54) is 0 Å². The van der Waals surface area contributed by atoms with Crippen molar-refractivity contribution in [3.63, 3.8) is 0 Å². The van der Waals surface area contributed by atoms with E-state index in [9.17, 15) is 9.59 Å². The fourth-order valence-electron chi connectivity index (χ4n) is 3.84. The topological polar surface area (TPSA) is 60.9 Å². The summed E-state index contributed by atoms with van der Waals surface area (Å²) in [5, 5.41) is 9.58. The molecule has 23 heavy (non-hydrogen) atoms. The number of carbonyl (C=O) groups is 2. The Hall–Kier alpha value is -1.59. The molecule has 1 aromatic carbocycles. The van der Waals surface area contributed by atoms with Crippen LogP contribution in [0.5, 0.6) is 0 Å². The Morgan fingerprint density at radius 3 is 2.61 bits per heavy atom. The van der Waals surface area contributed by atoms with Gasteiger partial charge in [0, 0.05) is 19.6 Å². The number of aliphatic hydroxyl groups is 1. The van der Waals surface area contributed by atoms with Gasteiger partial charge in [0.25, 0.3) is 5.91 Å². The number of hydrogen-bond acceptors (Lipinski definition) is 3. The van der Waals surface area contributed by atoms with Crippen LogP contribution in [0, 0.1) is 0 Å². The van der Waals surface area contributed by atoms with E-state index in [-0.39, 0.29) is 18.4 Å². The van der Waals surface area contributed by atoms with E-state index >= 15 is 0 Å². The van der Waals surface area contributed by atoms with E-state index < -0.39 is 5.54 Å². The molecular weight excluding hydrogens is 316 g/mol. The van der Waals surface area contributed by atoms with Crippen molar-refractivity contribution in [2.24, 2.45) is 0 Å². The summed E-state index contributed by atoms with van der Waals surface area (Å²) in [6.45, 7) is 1.49. The van der Waals surface area contributed by atoms with E-state index in [4.69, 9.17) is 16.7 Å². The number of aliphatic hydroxyl groups excluding tert-OH is 1. The van der Waals surface area contributed by atoms with Crippen LogP contribution in [0.4, 0.5) is 0 Å². The summed E-state index contributed by atoms with van der Waals surface area (Å²) in [5.41, 5.74) is -0.313. The van der Waals surface area contributed by atoms with Crippen LogP contribution in [0.15, 0.2) is 24.3 Å². The van der Waals surface area contributed by atoms with Gasteiger partial charge in [-0.15, -0.1) is 0 Å². The minimum Gasteiger partial charge on any atom is -0.395 e. The van der Waals surface area contributed by atoms with Gasteiger partial charge in [-0.2, -0.15) is 0 Å². The summed E-state index contributed by atoms with van der Waals surface area (Å²) in [6.07, 6.45) is 3.03. The van der Waals surface area contributed by atoms with Crippen LogP contribution in [-0.4, -0.2) is 58.5 Å². The van der Waals surface area contributed by atoms with Crippen LogP contribution in [0.25, 0.3) is 0 Å². The lowest BCUT2D eigenvalue weighted by atomic mass is 9.85. The number of halogens is 1. The quantitative estimate of drug-likeness (QED) is 0.917. The summed E-state index contributed by atoms with van der Waals surface area (Å²) in [6, 6.07) is 6.96. The number of piperidine rings is 1. The summed E-state index contributed by atoms with van der Waals surface area (Å²) >= 11 is 6.16. The monoisotopic (exact) mass is 336 g/mol. The van der Waals surface area contributed by atoms with Gasteiger partial charge in [0.05, 0.1) is 17.2 Å². The minimum absolute atomic E-state index is 0.0318. The van der Waals surface area contributed by atoms with E-state index in [2.05, 4.69) is 0 Å². The van der Waals surface area contributed by atoms with E-state index in [0.29, 0.717) is 43.1 Å². The fourth-order valence-corrected chi connectivity index (χ4v) is 4.05. The number of benzene rings is 1. The van der Waals surface area contributed by atoms with Crippen LogP contribution < -0.4 is 0 Å². The second kappa shape index (κ2) is 6.49. The molecule has 2 aliphatic heterocycles. The van der Waals surface area contributed by atoms with Gasteiger partial charge in [0.1, 0.15) is 5.54 Å². The van der Waals surface area contributed by atoms with Crippen LogP contribution >= 0.6 is 11.6 Å². The van der Waals surface area contributed by atoms with Crippen molar-refractivity contribution in [3.05, 3.63) is 34.9 Å². The zero-order valence-electron chi connectivity index (χ0n) is 13.0. The Bertz CT molecular complexity index is 620. The van der Waals surface area contributed by atoms with Crippen LogP contribution in [0.1, 0.15) is 36.0 Å². The van der Waals surface area contributed by atoms with Crippen molar-refractivity contribution in [3.8, 4) is 0 Å². The molecule has 6 heteroatoms. The number of likely N-dealkylation sites (tertiary alicyclic amines) is 2. The molecule has 2 fully saturated rings. The maximum Gasteiger partial charge on any atom is 0.256 e. The normalized spacial score (nSPS) is 24.5. The molecule has 124 valence electrons. The van der Waals surface area contributed by atoms with Crippen molar-refractivity contribution < 1.29 is 14.7 Å². The second-order valence-electron chi connectivity index (χ2n) is 6.19. The fraction of sp³-hybridized carbons (Fsp3) is 0.529. The van der Waals surface area contributed by atoms with Gasteiger partial charge in [-0.3, -0.25) is 9.59 Å². The average Bonchev–Trinajstić information content (AvgIpc) is 2.96. The predicted molar refractivity (Wildman–Crippen MR) is 87.4 cm³/mol. The molecule has 0 saturated carbocycles. The van der Waals surface area contributed by atoms with Crippen molar-refractivity contribution in [1.82, 2.24) is 9.80 Å². The Balaban J connectivity index is 1.91. The molecule has 1 atom stereocenters. The molecule has 0 radical (unpaired) electrons. The van der Waals surface area contributed by atoms with E-state index in [1.807, 2.05) is 0 Å². The first-order valence-electron chi connectivity index (χ1n) is 8.07. The van der Waals surface area contributed by atoms with Gasteiger partial charge in [-0.1, -0.05) is 23.7 Å². The van der Waals surface area contributed by atoms with Gasteiger partial charge in [0.2, 0.25) is 5.91 Å². The Morgan fingerprint density at radius 1 is 1.22 bits per heavy atom. The van der Waals surface area contributed by atoms with Crippen LogP contribution in [0.3, 0.4) is 0 Å². The molecule has 1 aromatic rings. The number of carbonyl (C=O) groups excluding carboxylic acids is 2. The molecule has 0 aliphatic carbocycles. The van der Waals surface area contributed by atoms with Gasteiger partial charge in [0.15, 0.2) is 0 Å². The molecule has 5 nitrogen and oxygen atoms in total. The average molecular weight is 337 g/mol. The molecule has 2 amide bonds. The van der Waals surface area contributed by atoms with E-state index in [1.54, 1.807) is 34.1 Å². The maximum atomic E-state index is 13.0. The summed E-state index contributed by atoms with van der Waals surface area (Å²) in [7, 11) is 0. The third-order valence-corrected chi connectivity index (χ3v) is 5.24. The number of amides is 2. The first-order chi connectivity index (χ1) is 11.1. The predicted octanol–water partition coefficient (Wildman–Crippen LogP) is 1.93. The summed E-state index contributed by atoms with van der Waals surface area (Å²) < 4.78 is 0. The third kappa shape index (κ3) is 2.72. The molecule has 0 bridgehead atoms. The highest BCUT2D eigenvalue weighted by molar-refractivity contribution is 6.33. The minimum atomic E-state index is -0.760. The molecule has 2 heterocycles. The lowest BCUT2D eigenvalue weighted by Gasteiger charge is -2.44. The molecule has 2 aliphatic rings. The van der Waals surface area contributed by atoms with Gasteiger partial charge < -0.3 is 14.9 Å². The number of hydrogen-bond donors (Lipinski definition) is 1. The number of rotatable bonds is 3. The zero-order valence-corrected chi connectivity index (χ0v) is 13.8. The Kier molecular flexibility index (Phi) is 4.60. The molecule has 1 spiro atoms. The molecule has 2 saturated heterocycles. The SMILES string of the molecule is O=C(c1ccccc1Cl)N1CCCC12CCCN(CCO)C2=O. The van der Waals surface area contributed by atoms with Crippen molar-refractivity contribution in [1.29, 1.82) is 0 Å². The lowest BCUT2D eigenvalue weighted by Crippen LogP contribution is -2.61. The molecule has 0 aromatic heterocycles. The smallest absolute Gasteiger partial charge is 0.256 e. The standard InChI is InChI=1S/C17H21ClN2O3/c18-14-6-2-1-5-13(14)15(22)20-10-4-8-17(20)7-3-9-19(11-12-21)16(17)23/h1-2,5-6,21H,3-4,7-12H2.